The number of rotatable bonds is 6. The van der Waals surface area contributed by atoms with Gasteiger partial charge in [0.25, 0.3) is 0 Å². The van der Waals surface area contributed by atoms with E-state index in [1.165, 1.54) is 0 Å². The zero-order chi connectivity index (χ0) is 13.9. The Kier molecular flexibility index (Phi) is 4.51. The second kappa shape index (κ2) is 5.52. The van der Waals surface area contributed by atoms with Crippen LogP contribution in [0, 0.1) is 11.3 Å². The van der Waals surface area contributed by atoms with Crippen LogP contribution < -0.4 is 5.32 Å². The van der Waals surface area contributed by atoms with Crippen molar-refractivity contribution in [3.8, 4) is 0 Å². The highest BCUT2D eigenvalue weighted by molar-refractivity contribution is 5.94. The number of hydrogen-bond acceptors (Lipinski definition) is 3. The maximum absolute atomic E-state index is 11.8. The number of nitrogens with zero attached hydrogens (tertiary/aromatic N) is 1. The van der Waals surface area contributed by atoms with E-state index in [1.54, 1.807) is 6.08 Å². The van der Waals surface area contributed by atoms with Gasteiger partial charge in [0.15, 0.2) is 0 Å². The van der Waals surface area contributed by atoms with E-state index in [0.29, 0.717) is 6.42 Å². The summed E-state index contributed by atoms with van der Waals surface area (Å²) in [7, 11) is 3.83. The van der Waals surface area contributed by atoms with Crippen molar-refractivity contribution in [2.75, 3.05) is 20.6 Å². The lowest BCUT2D eigenvalue weighted by Crippen LogP contribution is -2.30. The summed E-state index contributed by atoms with van der Waals surface area (Å²) in [4.78, 5) is 24.8. The number of carbonyl (C=O) groups excluding carboxylic acids is 1. The van der Waals surface area contributed by atoms with Gasteiger partial charge in [0, 0.05) is 12.5 Å². The molecule has 0 bridgehead atoms. The normalized spacial score (nSPS) is 21.8. The van der Waals surface area contributed by atoms with Gasteiger partial charge in [0.05, 0.1) is 0 Å². The van der Waals surface area contributed by atoms with Crippen LogP contribution in [0.5, 0.6) is 0 Å². The topological polar surface area (TPSA) is 69.6 Å². The molecule has 1 atom stereocenters. The Hall–Kier alpha value is -1.36. The third-order valence-corrected chi connectivity index (χ3v) is 3.24. The van der Waals surface area contributed by atoms with E-state index >= 15 is 0 Å². The zero-order valence-corrected chi connectivity index (χ0v) is 11.5. The predicted octanol–water partition coefficient (Wildman–Crippen LogP) is 1.07. The lowest BCUT2D eigenvalue weighted by atomic mass is 10.1. The third-order valence-electron chi connectivity index (χ3n) is 3.24. The first-order valence-electron chi connectivity index (χ1n) is 6.13. The van der Waals surface area contributed by atoms with Crippen LogP contribution in [0.25, 0.3) is 0 Å². The van der Waals surface area contributed by atoms with Gasteiger partial charge in [-0.25, -0.2) is 4.79 Å². The molecule has 0 aromatic rings. The van der Waals surface area contributed by atoms with Crippen LogP contribution in [0.15, 0.2) is 11.8 Å². The fraction of sp³-hybridized carbons (Fsp3) is 0.692. The maximum atomic E-state index is 11.8. The minimum absolute atomic E-state index is 0.00968. The van der Waals surface area contributed by atoms with Crippen LogP contribution in [0.3, 0.4) is 0 Å². The van der Waals surface area contributed by atoms with Crippen molar-refractivity contribution in [2.24, 2.45) is 11.3 Å². The van der Waals surface area contributed by atoms with Gasteiger partial charge in [-0.05, 0) is 32.4 Å². The fourth-order valence-electron chi connectivity index (χ4n) is 1.79. The molecular formula is C13H22N2O3. The van der Waals surface area contributed by atoms with Gasteiger partial charge in [0.1, 0.15) is 5.70 Å². The average Bonchev–Trinajstić information content (AvgIpc) is 2.85. The number of carbonyl (C=O) groups is 2. The summed E-state index contributed by atoms with van der Waals surface area (Å²) < 4.78 is 0. The number of amides is 1. The number of carboxylic acids is 1. The van der Waals surface area contributed by atoms with Crippen LogP contribution in [-0.4, -0.2) is 42.5 Å². The molecule has 1 unspecified atom stereocenters. The van der Waals surface area contributed by atoms with Crippen molar-refractivity contribution in [2.45, 2.75) is 26.7 Å². The molecule has 5 nitrogen and oxygen atoms in total. The molecule has 1 rings (SSSR count). The molecule has 0 aromatic carbocycles. The van der Waals surface area contributed by atoms with Crippen LogP contribution in [-0.2, 0) is 9.59 Å². The Morgan fingerprint density at radius 1 is 1.44 bits per heavy atom. The SMILES string of the molecule is CN(C)CC/C=C(\NC(=O)C1CC1(C)C)C(=O)O. The molecule has 1 amide bonds. The summed E-state index contributed by atoms with van der Waals surface area (Å²) in [6.07, 6.45) is 2.99. The Balaban J connectivity index is 2.53. The summed E-state index contributed by atoms with van der Waals surface area (Å²) in [5.41, 5.74) is 0.00157. The average molecular weight is 254 g/mol. The van der Waals surface area contributed by atoms with Gasteiger partial charge in [-0.1, -0.05) is 19.9 Å². The van der Waals surface area contributed by atoms with Crippen molar-refractivity contribution >= 4 is 11.9 Å². The maximum Gasteiger partial charge on any atom is 0.352 e. The standard InChI is InChI=1S/C13H22N2O3/c1-13(2)8-9(13)11(16)14-10(12(17)18)6-5-7-15(3)4/h6,9H,5,7-8H2,1-4H3,(H,14,16)(H,17,18)/b10-6-. The molecule has 0 spiro atoms. The van der Waals surface area contributed by atoms with Crippen molar-refractivity contribution in [3.63, 3.8) is 0 Å². The molecule has 5 heteroatoms. The molecule has 1 saturated carbocycles. The van der Waals surface area contributed by atoms with Crippen molar-refractivity contribution < 1.29 is 14.7 Å². The van der Waals surface area contributed by atoms with E-state index in [-0.39, 0.29) is 22.9 Å². The molecule has 1 aliphatic rings. The van der Waals surface area contributed by atoms with Crippen LogP contribution in [0.4, 0.5) is 0 Å². The van der Waals surface area contributed by atoms with Gasteiger partial charge in [-0.2, -0.15) is 0 Å². The molecule has 18 heavy (non-hydrogen) atoms. The largest absolute Gasteiger partial charge is 0.477 e. The van der Waals surface area contributed by atoms with Crippen LogP contribution in [0.1, 0.15) is 26.7 Å². The smallest absolute Gasteiger partial charge is 0.352 e. The van der Waals surface area contributed by atoms with Crippen molar-refractivity contribution in [1.29, 1.82) is 0 Å². The van der Waals surface area contributed by atoms with Crippen molar-refractivity contribution in [1.82, 2.24) is 10.2 Å². The molecule has 1 aliphatic carbocycles. The first-order chi connectivity index (χ1) is 8.24. The molecule has 2 N–H and O–H groups in total. The molecule has 102 valence electrons. The number of nitrogens with one attached hydrogen (secondary N) is 1. The van der Waals surface area contributed by atoms with E-state index in [1.807, 2.05) is 32.8 Å². The summed E-state index contributed by atoms with van der Waals surface area (Å²) in [5, 5.41) is 11.5. The third kappa shape index (κ3) is 4.14. The Morgan fingerprint density at radius 3 is 2.39 bits per heavy atom. The molecule has 0 saturated heterocycles. The van der Waals surface area contributed by atoms with Gasteiger partial charge >= 0.3 is 5.97 Å². The number of hydrogen-bond donors (Lipinski definition) is 2. The summed E-state index contributed by atoms with van der Waals surface area (Å²) in [6.45, 7) is 4.77. The van der Waals surface area contributed by atoms with E-state index in [4.69, 9.17) is 5.11 Å². The molecular weight excluding hydrogens is 232 g/mol. The second-order valence-electron chi connectivity index (χ2n) is 5.75. The Bertz CT molecular complexity index is 372. The quantitative estimate of drug-likeness (QED) is 0.696. The summed E-state index contributed by atoms with van der Waals surface area (Å²) >= 11 is 0. The monoisotopic (exact) mass is 254 g/mol. The summed E-state index contributed by atoms with van der Waals surface area (Å²) in [6, 6.07) is 0. The fourth-order valence-corrected chi connectivity index (χ4v) is 1.79. The highest BCUT2D eigenvalue weighted by Gasteiger charge is 2.50. The van der Waals surface area contributed by atoms with Gasteiger partial charge in [-0.15, -0.1) is 0 Å². The molecule has 1 fully saturated rings. The second-order valence-corrected chi connectivity index (χ2v) is 5.75. The molecule has 0 aliphatic heterocycles. The lowest BCUT2D eigenvalue weighted by Gasteiger charge is -2.09. The highest BCUT2D eigenvalue weighted by Crippen LogP contribution is 2.51. The van der Waals surface area contributed by atoms with Crippen molar-refractivity contribution in [3.05, 3.63) is 11.8 Å². The first-order valence-corrected chi connectivity index (χ1v) is 6.13. The number of carboxylic acid groups (broad SMARTS) is 1. The molecule has 0 radical (unpaired) electrons. The predicted molar refractivity (Wildman–Crippen MR) is 68.9 cm³/mol. The van der Waals surface area contributed by atoms with Gasteiger partial charge in [0.2, 0.25) is 5.91 Å². The lowest BCUT2D eigenvalue weighted by molar-refractivity contribution is -0.135. The molecule has 0 heterocycles. The minimum atomic E-state index is -1.08. The van der Waals surface area contributed by atoms with E-state index < -0.39 is 5.97 Å². The Morgan fingerprint density at radius 2 is 2.00 bits per heavy atom. The van der Waals surface area contributed by atoms with Gasteiger partial charge < -0.3 is 15.3 Å². The van der Waals surface area contributed by atoms with E-state index in [9.17, 15) is 9.59 Å². The Labute approximate surface area is 108 Å². The van der Waals surface area contributed by atoms with E-state index in [0.717, 1.165) is 13.0 Å². The summed E-state index contributed by atoms with van der Waals surface area (Å²) in [5.74, 6) is -1.33. The van der Waals surface area contributed by atoms with Crippen LogP contribution in [0.2, 0.25) is 0 Å². The molecule has 0 aromatic heterocycles. The number of aliphatic carboxylic acids is 1. The van der Waals surface area contributed by atoms with E-state index in [2.05, 4.69) is 5.32 Å². The van der Waals surface area contributed by atoms with Gasteiger partial charge in [-0.3, -0.25) is 4.79 Å². The highest BCUT2D eigenvalue weighted by atomic mass is 16.4. The zero-order valence-electron chi connectivity index (χ0n) is 11.5. The minimum Gasteiger partial charge on any atom is -0.477 e. The van der Waals surface area contributed by atoms with Crippen LogP contribution >= 0.6 is 0 Å². The first kappa shape index (κ1) is 14.7.